The molecule has 0 amide bonds. The van der Waals surface area contributed by atoms with Crippen molar-refractivity contribution in [3.8, 4) is 17.2 Å². The topological polar surface area (TPSA) is 60.8 Å². The molecule has 1 N–H and O–H groups in total. The molecule has 0 spiro atoms. The van der Waals surface area contributed by atoms with Gasteiger partial charge in [0.05, 0.1) is 30.5 Å². The molecule has 7 nitrogen and oxygen atoms in total. The van der Waals surface area contributed by atoms with Crippen LogP contribution in [-0.2, 0) is 4.74 Å². The highest BCUT2D eigenvalue weighted by Gasteiger charge is 2.42. The molecule has 37 heavy (non-hydrogen) atoms. The summed E-state index contributed by atoms with van der Waals surface area (Å²) in [7, 11) is 3.30. The number of hydrogen-bond acceptors (Lipinski definition) is 5. The fourth-order valence-corrected chi connectivity index (χ4v) is 5.11. The van der Waals surface area contributed by atoms with Crippen molar-refractivity contribution >= 4 is 34.6 Å². The van der Waals surface area contributed by atoms with Gasteiger partial charge in [-0.1, -0.05) is 17.7 Å². The van der Waals surface area contributed by atoms with Gasteiger partial charge in [-0.3, -0.25) is 4.98 Å². The Labute approximate surface area is 226 Å². The molecule has 2 atom stereocenters. The van der Waals surface area contributed by atoms with Crippen LogP contribution in [0.3, 0.4) is 0 Å². The van der Waals surface area contributed by atoms with E-state index in [1.807, 2.05) is 72.9 Å². The lowest BCUT2D eigenvalue weighted by Crippen LogP contribution is -2.30. The van der Waals surface area contributed by atoms with Crippen LogP contribution in [-0.4, -0.2) is 42.1 Å². The van der Waals surface area contributed by atoms with Crippen LogP contribution in [0.25, 0.3) is 5.69 Å². The second-order valence-electron chi connectivity index (χ2n) is 8.45. The van der Waals surface area contributed by atoms with E-state index in [2.05, 4.69) is 25.8 Å². The smallest absolute Gasteiger partial charge is 0.174 e. The molecular formula is C28H27ClN4O3S. The Morgan fingerprint density at radius 3 is 2.49 bits per heavy atom. The summed E-state index contributed by atoms with van der Waals surface area (Å²) in [5.41, 5.74) is 3.81. The molecule has 0 radical (unpaired) electrons. The first kappa shape index (κ1) is 25.1. The van der Waals surface area contributed by atoms with Crippen LogP contribution in [0.1, 0.15) is 23.5 Å². The molecule has 1 aliphatic heterocycles. The number of hydrogen-bond donors (Lipinski definition) is 1. The van der Waals surface area contributed by atoms with Gasteiger partial charge in [-0.2, -0.15) is 0 Å². The van der Waals surface area contributed by atoms with E-state index in [1.165, 1.54) is 0 Å². The van der Waals surface area contributed by atoms with Gasteiger partial charge in [0.15, 0.2) is 5.11 Å². The van der Waals surface area contributed by atoms with E-state index in [4.69, 9.17) is 38.0 Å². The SMILES string of the molecule is COCCOc1ccc(N2C(=S)NC(c3ccccn3)C2c2cccn2-c2ccc(OC)cc2)cc1Cl. The van der Waals surface area contributed by atoms with Gasteiger partial charge in [0, 0.05) is 36.6 Å². The largest absolute Gasteiger partial charge is 0.497 e. The van der Waals surface area contributed by atoms with Gasteiger partial charge in [-0.05, 0) is 78.9 Å². The molecule has 190 valence electrons. The van der Waals surface area contributed by atoms with E-state index >= 15 is 0 Å². The number of nitrogens with one attached hydrogen (secondary N) is 1. The minimum absolute atomic E-state index is 0.183. The molecule has 4 aromatic rings. The Kier molecular flexibility index (Phi) is 7.60. The van der Waals surface area contributed by atoms with E-state index < -0.39 is 0 Å². The molecule has 2 aromatic carbocycles. The highest BCUT2D eigenvalue weighted by Crippen LogP contribution is 2.43. The molecule has 1 fully saturated rings. The lowest BCUT2D eigenvalue weighted by molar-refractivity contribution is 0.146. The van der Waals surface area contributed by atoms with Crippen LogP contribution in [0.2, 0.25) is 5.02 Å². The Hall–Kier alpha value is -3.59. The number of aromatic nitrogens is 2. The average Bonchev–Trinajstić information content (AvgIpc) is 3.54. The first-order valence-electron chi connectivity index (χ1n) is 11.8. The second kappa shape index (κ2) is 11.2. The van der Waals surface area contributed by atoms with Crippen molar-refractivity contribution in [3.63, 3.8) is 0 Å². The summed E-state index contributed by atoms with van der Waals surface area (Å²) in [6.07, 6.45) is 3.84. The van der Waals surface area contributed by atoms with Crippen molar-refractivity contribution in [1.82, 2.24) is 14.9 Å². The fourth-order valence-electron chi connectivity index (χ4n) is 4.54. The molecule has 1 saturated heterocycles. The number of thiocarbonyl (C=S) groups is 1. The van der Waals surface area contributed by atoms with Crippen LogP contribution >= 0.6 is 23.8 Å². The van der Waals surface area contributed by atoms with Crippen molar-refractivity contribution in [2.75, 3.05) is 32.3 Å². The number of anilines is 1. The van der Waals surface area contributed by atoms with Crippen LogP contribution in [0.5, 0.6) is 11.5 Å². The number of rotatable bonds is 9. The zero-order chi connectivity index (χ0) is 25.8. The lowest BCUT2D eigenvalue weighted by atomic mass is 10.0. The summed E-state index contributed by atoms with van der Waals surface area (Å²) in [5, 5.41) is 4.59. The molecule has 2 unspecified atom stereocenters. The monoisotopic (exact) mass is 534 g/mol. The Morgan fingerprint density at radius 2 is 1.78 bits per heavy atom. The third kappa shape index (κ3) is 5.13. The van der Waals surface area contributed by atoms with Crippen molar-refractivity contribution in [1.29, 1.82) is 0 Å². The number of pyridine rings is 1. The van der Waals surface area contributed by atoms with E-state index in [-0.39, 0.29) is 12.1 Å². The second-order valence-corrected chi connectivity index (χ2v) is 9.25. The van der Waals surface area contributed by atoms with Crippen molar-refractivity contribution in [2.24, 2.45) is 0 Å². The number of nitrogens with zero attached hydrogens (tertiary/aromatic N) is 3. The first-order valence-corrected chi connectivity index (χ1v) is 12.6. The fraction of sp³-hybridized carbons (Fsp3) is 0.214. The predicted molar refractivity (Wildman–Crippen MR) is 149 cm³/mol. The number of ether oxygens (including phenoxy) is 3. The number of halogens is 1. The summed E-state index contributed by atoms with van der Waals surface area (Å²) in [6, 6.07) is 23.4. The van der Waals surface area contributed by atoms with Gasteiger partial charge < -0.3 is 29.0 Å². The van der Waals surface area contributed by atoms with Crippen LogP contribution in [0.4, 0.5) is 5.69 Å². The quantitative estimate of drug-likeness (QED) is 0.217. The summed E-state index contributed by atoms with van der Waals surface area (Å²) in [4.78, 5) is 6.74. The molecule has 9 heteroatoms. The maximum atomic E-state index is 6.63. The minimum atomic E-state index is -0.198. The third-order valence-electron chi connectivity index (χ3n) is 6.27. The van der Waals surface area contributed by atoms with Gasteiger partial charge in [0.2, 0.25) is 0 Å². The highest BCUT2D eigenvalue weighted by molar-refractivity contribution is 7.80. The first-order chi connectivity index (χ1) is 18.1. The van der Waals surface area contributed by atoms with Crippen molar-refractivity contribution in [2.45, 2.75) is 12.1 Å². The van der Waals surface area contributed by atoms with Crippen LogP contribution in [0, 0.1) is 0 Å². The Morgan fingerprint density at radius 1 is 0.973 bits per heavy atom. The molecule has 0 saturated carbocycles. The van der Waals surface area contributed by atoms with Crippen LogP contribution in [0.15, 0.2) is 85.2 Å². The van der Waals surface area contributed by atoms with Gasteiger partial charge in [-0.25, -0.2) is 0 Å². The molecule has 0 bridgehead atoms. The zero-order valence-corrected chi connectivity index (χ0v) is 22.1. The summed E-state index contributed by atoms with van der Waals surface area (Å²) in [5.74, 6) is 1.40. The Balaban J connectivity index is 1.57. The predicted octanol–water partition coefficient (Wildman–Crippen LogP) is 5.74. The summed E-state index contributed by atoms with van der Waals surface area (Å²) in [6.45, 7) is 0.896. The minimum Gasteiger partial charge on any atom is -0.497 e. The van der Waals surface area contributed by atoms with E-state index in [9.17, 15) is 0 Å². The van der Waals surface area contributed by atoms with E-state index in [0.29, 0.717) is 29.1 Å². The number of methoxy groups -OCH3 is 2. The molecule has 1 aliphatic rings. The molecular weight excluding hydrogens is 508 g/mol. The summed E-state index contributed by atoms with van der Waals surface area (Å²) < 4.78 is 18.3. The van der Waals surface area contributed by atoms with Crippen molar-refractivity contribution in [3.05, 3.63) is 102 Å². The standard InChI is InChI=1S/C28H27ClN4O3S/c1-34-16-17-36-25-13-10-20(18-22(25)29)33-27(26(31-28(33)37)23-6-3-4-14-30-23)24-7-5-15-32(24)19-8-11-21(35-2)12-9-19/h3-15,18,26-27H,16-17H2,1-2H3,(H,31,37). The molecule has 5 rings (SSSR count). The maximum absolute atomic E-state index is 6.63. The molecule has 2 aromatic heterocycles. The number of benzene rings is 2. The van der Waals surface area contributed by atoms with Crippen molar-refractivity contribution < 1.29 is 14.2 Å². The highest BCUT2D eigenvalue weighted by atomic mass is 35.5. The zero-order valence-electron chi connectivity index (χ0n) is 20.5. The molecule has 0 aliphatic carbocycles. The van der Waals surface area contributed by atoms with E-state index in [1.54, 1.807) is 20.4 Å². The van der Waals surface area contributed by atoms with E-state index in [0.717, 1.165) is 28.5 Å². The normalized spacial score (nSPS) is 17.1. The van der Waals surface area contributed by atoms with Gasteiger partial charge in [-0.15, -0.1) is 0 Å². The maximum Gasteiger partial charge on any atom is 0.174 e. The van der Waals surface area contributed by atoms with Gasteiger partial charge >= 0.3 is 0 Å². The lowest BCUT2D eigenvalue weighted by Gasteiger charge is -2.29. The van der Waals surface area contributed by atoms with Crippen LogP contribution < -0.4 is 19.7 Å². The Bertz CT molecular complexity index is 1360. The van der Waals surface area contributed by atoms with Gasteiger partial charge in [0.25, 0.3) is 0 Å². The van der Waals surface area contributed by atoms with Gasteiger partial charge in [0.1, 0.15) is 24.1 Å². The summed E-state index contributed by atoms with van der Waals surface area (Å²) >= 11 is 12.5. The molecule has 3 heterocycles. The third-order valence-corrected chi connectivity index (χ3v) is 6.88. The average molecular weight is 535 g/mol.